The second-order valence-corrected chi connectivity index (χ2v) is 4.47. The normalized spacial score (nSPS) is 10.2. The summed E-state index contributed by atoms with van der Waals surface area (Å²) in [5, 5.41) is 9.56. The minimum absolute atomic E-state index is 0.0204. The Kier molecular flexibility index (Phi) is 3.97. The first kappa shape index (κ1) is 13.3. The summed E-state index contributed by atoms with van der Waals surface area (Å²) in [4.78, 5) is 20.7. The van der Waals surface area contributed by atoms with Crippen molar-refractivity contribution in [2.24, 2.45) is 0 Å². The SMILES string of the molecule is CN(Cc1ccc(Cl)cc1)c1nccc(C(=O)O)n1. The second kappa shape index (κ2) is 5.67. The van der Waals surface area contributed by atoms with Gasteiger partial charge in [0.25, 0.3) is 0 Å². The van der Waals surface area contributed by atoms with Gasteiger partial charge in [0.15, 0.2) is 5.69 Å². The molecule has 6 heteroatoms. The smallest absolute Gasteiger partial charge is 0.354 e. The van der Waals surface area contributed by atoms with Gasteiger partial charge in [0.2, 0.25) is 5.95 Å². The maximum Gasteiger partial charge on any atom is 0.354 e. The van der Waals surface area contributed by atoms with Gasteiger partial charge in [0, 0.05) is 24.8 Å². The summed E-state index contributed by atoms with van der Waals surface area (Å²) in [5.41, 5.74) is 1.02. The van der Waals surface area contributed by atoms with Crippen LogP contribution in [0.3, 0.4) is 0 Å². The number of hydrogen-bond acceptors (Lipinski definition) is 4. The number of nitrogens with zero attached hydrogens (tertiary/aromatic N) is 3. The molecule has 19 heavy (non-hydrogen) atoms. The molecule has 5 nitrogen and oxygen atoms in total. The van der Waals surface area contributed by atoms with Gasteiger partial charge in [-0.15, -0.1) is 0 Å². The van der Waals surface area contributed by atoms with Gasteiger partial charge >= 0.3 is 5.97 Å². The number of anilines is 1. The molecule has 0 amide bonds. The average Bonchev–Trinajstić information content (AvgIpc) is 2.41. The van der Waals surface area contributed by atoms with Gasteiger partial charge in [0.05, 0.1) is 0 Å². The predicted molar refractivity (Wildman–Crippen MR) is 72.6 cm³/mol. The highest BCUT2D eigenvalue weighted by Crippen LogP contribution is 2.13. The zero-order chi connectivity index (χ0) is 13.8. The van der Waals surface area contributed by atoms with Crippen LogP contribution >= 0.6 is 11.6 Å². The summed E-state index contributed by atoms with van der Waals surface area (Å²) in [7, 11) is 1.80. The Bertz CT molecular complexity index is 587. The summed E-state index contributed by atoms with van der Waals surface area (Å²) >= 11 is 5.82. The van der Waals surface area contributed by atoms with Crippen LogP contribution in [0.4, 0.5) is 5.95 Å². The Balaban J connectivity index is 2.15. The molecule has 0 aliphatic rings. The highest BCUT2D eigenvalue weighted by Gasteiger charge is 2.09. The number of aromatic carboxylic acids is 1. The fourth-order valence-electron chi connectivity index (χ4n) is 1.59. The van der Waals surface area contributed by atoms with E-state index in [1.54, 1.807) is 24.1 Å². The molecule has 0 radical (unpaired) electrons. The van der Waals surface area contributed by atoms with E-state index in [1.807, 2.05) is 12.1 Å². The van der Waals surface area contributed by atoms with Gasteiger partial charge in [-0.05, 0) is 23.8 Å². The van der Waals surface area contributed by atoms with Crippen molar-refractivity contribution in [3.05, 3.63) is 52.8 Å². The molecule has 0 unspecified atom stereocenters. The van der Waals surface area contributed by atoms with Crippen LogP contribution in [-0.2, 0) is 6.54 Å². The fourth-order valence-corrected chi connectivity index (χ4v) is 1.71. The molecule has 98 valence electrons. The quantitative estimate of drug-likeness (QED) is 0.930. The second-order valence-electron chi connectivity index (χ2n) is 4.03. The number of aromatic nitrogens is 2. The van der Waals surface area contributed by atoms with Crippen molar-refractivity contribution < 1.29 is 9.90 Å². The lowest BCUT2D eigenvalue weighted by Gasteiger charge is -2.17. The summed E-state index contributed by atoms with van der Waals surface area (Å²) in [6.07, 6.45) is 1.43. The van der Waals surface area contributed by atoms with Crippen LogP contribution in [0.25, 0.3) is 0 Å². The van der Waals surface area contributed by atoms with Crippen molar-refractivity contribution in [1.82, 2.24) is 9.97 Å². The monoisotopic (exact) mass is 277 g/mol. The number of carbonyl (C=O) groups is 1. The van der Waals surface area contributed by atoms with Gasteiger partial charge in [0.1, 0.15) is 0 Å². The van der Waals surface area contributed by atoms with E-state index in [4.69, 9.17) is 16.7 Å². The Morgan fingerprint density at radius 2 is 2.00 bits per heavy atom. The number of carboxylic acid groups (broad SMARTS) is 1. The van der Waals surface area contributed by atoms with Crippen molar-refractivity contribution >= 4 is 23.5 Å². The van der Waals surface area contributed by atoms with Crippen molar-refractivity contribution in [3.63, 3.8) is 0 Å². The Labute approximate surface area is 115 Å². The molecule has 1 N–H and O–H groups in total. The molecule has 1 heterocycles. The van der Waals surface area contributed by atoms with Crippen LogP contribution in [0.1, 0.15) is 16.1 Å². The highest BCUT2D eigenvalue weighted by atomic mass is 35.5. The molecule has 0 aliphatic carbocycles. The van der Waals surface area contributed by atoms with E-state index in [-0.39, 0.29) is 5.69 Å². The van der Waals surface area contributed by atoms with E-state index in [0.29, 0.717) is 17.5 Å². The van der Waals surface area contributed by atoms with E-state index in [1.165, 1.54) is 12.3 Å². The highest BCUT2D eigenvalue weighted by molar-refractivity contribution is 6.30. The van der Waals surface area contributed by atoms with Gasteiger partial charge in [-0.3, -0.25) is 0 Å². The molecule has 1 aromatic carbocycles. The summed E-state index contributed by atoms with van der Waals surface area (Å²) in [6, 6.07) is 8.78. The van der Waals surface area contributed by atoms with Gasteiger partial charge in [-0.1, -0.05) is 23.7 Å². The van der Waals surface area contributed by atoms with Gasteiger partial charge < -0.3 is 10.0 Å². The molecule has 2 aromatic rings. The summed E-state index contributed by atoms with van der Waals surface area (Å²) in [5.74, 6) is -0.696. The van der Waals surface area contributed by atoms with Crippen molar-refractivity contribution in [3.8, 4) is 0 Å². The average molecular weight is 278 g/mol. The fraction of sp³-hybridized carbons (Fsp3) is 0.154. The Hall–Kier alpha value is -2.14. The van der Waals surface area contributed by atoms with Crippen molar-refractivity contribution in [2.75, 3.05) is 11.9 Å². The van der Waals surface area contributed by atoms with E-state index >= 15 is 0 Å². The Morgan fingerprint density at radius 1 is 1.32 bits per heavy atom. The standard InChI is InChI=1S/C13H12ClN3O2/c1-17(8-9-2-4-10(14)5-3-9)13-15-7-6-11(16-13)12(18)19/h2-7H,8H2,1H3,(H,18,19). The van der Waals surface area contributed by atoms with Crippen LogP contribution in [-0.4, -0.2) is 28.1 Å². The van der Waals surface area contributed by atoms with Gasteiger partial charge in [-0.25, -0.2) is 14.8 Å². The third-order valence-electron chi connectivity index (χ3n) is 2.54. The molecule has 1 aromatic heterocycles. The van der Waals surface area contributed by atoms with Crippen LogP contribution in [0.15, 0.2) is 36.5 Å². The van der Waals surface area contributed by atoms with E-state index in [9.17, 15) is 4.79 Å². The van der Waals surface area contributed by atoms with Crippen molar-refractivity contribution in [1.29, 1.82) is 0 Å². The molecule has 0 bridgehead atoms. The molecule has 0 aliphatic heterocycles. The number of rotatable bonds is 4. The van der Waals surface area contributed by atoms with Crippen LogP contribution in [0.5, 0.6) is 0 Å². The molecule has 0 spiro atoms. The van der Waals surface area contributed by atoms with Crippen molar-refractivity contribution in [2.45, 2.75) is 6.54 Å². The third kappa shape index (κ3) is 3.42. The number of carboxylic acids is 1. The maximum absolute atomic E-state index is 10.8. The molecular formula is C13H12ClN3O2. The van der Waals surface area contributed by atoms with E-state index < -0.39 is 5.97 Å². The third-order valence-corrected chi connectivity index (χ3v) is 2.79. The minimum atomic E-state index is -1.07. The molecule has 0 fully saturated rings. The van der Waals surface area contributed by atoms with Gasteiger partial charge in [-0.2, -0.15) is 0 Å². The lowest BCUT2D eigenvalue weighted by molar-refractivity contribution is 0.0690. The summed E-state index contributed by atoms with van der Waals surface area (Å²) in [6.45, 7) is 0.570. The first-order chi connectivity index (χ1) is 9.06. The number of benzene rings is 1. The zero-order valence-electron chi connectivity index (χ0n) is 10.2. The predicted octanol–water partition coefficient (Wildman–Crippen LogP) is 2.46. The lowest BCUT2D eigenvalue weighted by atomic mass is 10.2. The lowest BCUT2D eigenvalue weighted by Crippen LogP contribution is -2.20. The first-order valence-electron chi connectivity index (χ1n) is 5.58. The topological polar surface area (TPSA) is 66.3 Å². The largest absolute Gasteiger partial charge is 0.477 e. The molecule has 2 rings (SSSR count). The Morgan fingerprint density at radius 3 is 2.63 bits per heavy atom. The van der Waals surface area contributed by atoms with Crippen LogP contribution in [0.2, 0.25) is 5.02 Å². The molecular weight excluding hydrogens is 266 g/mol. The van der Waals surface area contributed by atoms with E-state index in [2.05, 4.69) is 9.97 Å². The minimum Gasteiger partial charge on any atom is -0.477 e. The first-order valence-corrected chi connectivity index (χ1v) is 5.96. The number of halogens is 1. The van der Waals surface area contributed by atoms with Crippen LogP contribution < -0.4 is 4.90 Å². The molecule has 0 saturated carbocycles. The maximum atomic E-state index is 10.8. The molecule has 0 atom stereocenters. The summed E-state index contributed by atoms with van der Waals surface area (Å²) < 4.78 is 0. The van der Waals surface area contributed by atoms with E-state index in [0.717, 1.165) is 5.56 Å². The molecule has 0 saturated heterocycles. The zero-order valence-corrected chi connectivity index (χ0v) is 11.0. The van der Waals surface area contributed by atoms with Crippen LogP contribution in [0, 0.1) is 0 Å². The number of hydrogen-bond donors (Lipinski definition) is 1.